The van der Waals surface area contributed by atoms with Gasteiger partial charge >= 0.3 is 5.97 Å². The summed E-state index contributed by atoms with van der Waals surface area (Å²) < 4.78 is 0.737. The van der Waals surface area contributed by atoms with Gasteiger partial charge in [0.15, 0.2) is 4.34 Å². The van der Waals surface area contributed by atoms with Crippen LogP contribution in [0.2, 0.25) is 0 Å². The second kappa shape index (κ2) is 5.41. The summed E-state index contributed by atoms with van der Waals surface area (Å²) in [5.74, 6) is -0.567. The second-order valence-corrected chi connectivity index (χ2v) is 6.76. The van der Waals surface area contributed by atoms with Crippen molar-refractivity contribution in [1.82, 2.24) is 10.2 Å². The Bertz CT molecular complexity index is 430. The van der Waals surface area contributed by atoms with E-state index in [2.05, 4.69) is 10.2 Å². The number of carbonyl (C=O) groups is 1. The first-order valence-electron chi connectivity index (χ1n) is 5.65. The molecule has 1 fully saturated rings. The van der Waals surface area contributed by atoms with E-state index in [1.165, 1.54) is 23.1 Å². The maximum Gasteiger partial charge on any atom is 0.306 e. The fourth-order valence-corrected chi connectivity index (χ4v) is 3.81. The van der Waals surface area contributed by atoms with E-state index in [1.807, 2.05) is 0 Å². The van der Waals surface area contributed by atoms with Crippen LogP contribution >= 0.6 is 23.1 Å². The van der Waals surface area contributed by atoms with Crippen molar-refractivity contribution in [2.24, 2.45) is 5.92 Å². The second-order valence-electron chi connectivity index (χ2n) is 4.53. The van der Waals surface area contributed by atoms with E-state index in [-0.39, 0.29) is 5.92 Å². The molecule has 0 bridgehead atoms. The van der Waals surface area contributed by atoms with E-state index in [9.17, 15) is 9.90 Å². The Morgan fingerprint density at radius 2 is 2.17 bits per heavy atom. The highest BCUT2D eigenvalue weighted by molar-refractivity contribution is 8.01. The summed E-state index contributed by atoms with van der Waals surface area (Å²) in [4.78, 5) is 10.8. The molecular formula is C10H15N3O3S2. The summed E-state index contributed by atoms with van der Waals surface area (Å²) in [7, 11) is 0. The number of carboxylic acids is 1. The Balaban J connectivity index is 1.84. The molecule has 0 amide bonds. The van der Waals surface area contributed by atoms with Crippen LogP contribution in [-0.2, 0) is 4.79 Å². The predicted molar refractivity (Wildman–Crippen MR) is 69.6 cm³/mol. The Hall–Kier alpha value is -0.860. The van der Waals surface area contributed by atoms with E-state index in [0.29, 0.717) is 36.6 Å². The van der Waals surface area contributed by atoms with Gasteiger partial charge in [-0.1, -0.05) is 23.1 Å². The zero-order valence-corrected chi connectivity index (χ0v) is 11.3. The van der Waals surface area contributed by atoms with E-state index in [4.69, 9.17) is 10.8 Å². The van der Waals surface area contributed by atoms with Crippen molar-refractivity contribution < 1.29 is 15.0 Å². The molecule has 1 aliphatic carbocycles. The molecule has 100 valence electrons. The quantitative estimate of drug-likeness (QED) is 0.715. The number of nitrogens with two attached hydrogens (primary N) is 1. The molecule has 0 aliphatic heterocycles. The van der Waals surface area contributed by atoms with Gasteiger partial charge in [-0.15, -0.1) is 10.2 Å². The smallest absolute Gasteiger partial charge is 0.306 e. The van der Waals surface area contributed by atoms with Crippen molar-refractivity contribution in [2.75, 3.05) is 11.5 Å². The molecule has 0 spiro atoms. The van der Waals surface area contributed by atoms with Gasteiger partial charge in [0, 0.05) is 5.75 Å². The minimum absolute atomic E-state index is 0.313. The van der Waals surface area contributed by atoms with E-state index >= 15 is 0 Å². The van der Waals surface area contributed by atoms with Gasteiger partial charge in [0.1, 0.15) is 0 Å². The van der Waals surface area contributed by atoms with Gasteiger partial charge < -0.3 is 15.9 Å². The number of nitrogens with zero attached hydrogens (tertiary/aromatic N) is 2. The fourth-order valence-electron chi connectivity index (χ4n) is 2.02. The lowest BCUT2D eigenvalue weighted by molar-refractivity contribution is -0.144. The molecule has 1 aromatic heterocycles. The minimum atomic E-state index is -0.795. The van der Waals surface area contributed by atoms with Crippen LogP contribution < -0.4 is 5.73 Å². The van der Waals surface area contributed by atoms with E-state index in [0.717, 1.165) is 4.34 Å². The monoisotopic (exact) mass is 289 g/mol. The summed E-state index contributed by atoms with van der Waals surface area (Å²) in [6.45, 7) is 0. The largest absolute Gasteiger partial charge is 0.481 e. The zero-order chi connectivity index (χ0) is 13.2. The summed E-state index contributed by atoms with van der Waals surface area (Å²) in [6, 6.07) is 0. The third-order valence-corrected chi connectivity index (χ3v) is 5.31. The molecule has 1 aromatic rings. The van der Waals surface area contributed by atoms with Crippen molar-refractivity contribution in [2.45, 2.75) is 35.6 Å². The standard InChI is InChI=1S/C10H15N3O3S2/c11-8-12-13-9(18-8)17-5-10(16)3-1-6(2-4-10)7(14)15/h6,16H,1-5H2,(H2,11,12)(H,14,15). The number of carboxylic acid groups (broad SMARTS) is 1. The lowest BCUT2D eigenvalue weighted by Gasteiger charge is -2.34. The Morgan fingerprint density at radius 1 is 1.50 bits per heavy atom. The third kappa shape index (κ3) is 3.33. The number of hydrogen-bond acceptors (Lipinski definition) is 7. The number of aromatic nitrogens is 2. The molecule has 0 aromatic carbocycles. The van der Waals surface area contributed by atoms with Gasteiger partial charge in [-0.3, -0.25) is 4.79 Å². The highest BCUT2D eigenvalue weighted by Gasteiger charge is 2.35. The van der Waals surface area contributed by atoms with Crippen LogP contribution in [0.4, 0.5) is 5.13 Å². The maximum atomic E-state index is 10.8. The molecular weight excluding hydrogens is 274 g/mol. The highest BCUT2D eigenvalue weighted by Crippen LogP contribution is 2.36. The first kappa shape index (κ1) is 13.6. The van der Waals surface area contributed by atoms with Crippen LogP contribution in [0.3, 0.4) is 0 Å². The number of thioether (sulfide) groups is 1. The number of anilines is 1. The van der Waals surface area contributed by atoms with Crippen LogP contribution in [0.15, 0.2) is 4.34 Å². The third-order valence-electron chi connectivity index (χ3n) is 3.15. The van der Waals surface area contributed by atoms with Crippen molar-refractivity contribution in [3.8, 4) is 0 Å². The van der Waals surface area contributed by atoms with E-state index < -0.39 is 11.6 Å². The SMILES string of the molecule is Nc1nnc(SCC2(O)CCC(C(=O)O)CC2)s1. The van der Waals surface area contributed by atoms with Gasteiger partial charge in [0.25, 0.3) is 0 Å². The molecule has 4 N–H and O–H groups in total. The number of aliphatic carboxylic acids is 1. The molecule has 0 atom stereocenters. The van der Waals surface area contributed by atoms with Gasteiger partial charge in [-0.2, -0.15) is 0 Å². The Labute approximate surface area is 113 Å². The van der Waals surface area contributed by atoms with Crippen LogP contribution in [0.25, 0.3) is 0 Å². The minimum Gasteiger partial charge on any atom is -0.481 e. The molecule has 1 aliphatic rings. The average Bonchev–Trinajstić information content (AvgIpc) is 2.73. The predicted octanol–water partition coefficient (Wildman–Crippen LogP) is 1.22. The van der Waals surface area contributed by atoms with E-state index in [1.54, 1.807) is 0 Å². The van der Waals surface area contributed by atoms with Crippen molar-refractivity contribution >= 4 is 34.2 Å². The molecule has 0 saturated heterocycles. The summed E-state index contributed by atoms with van der Waals surface area (Å²) >= 11 is 2.72. The molecule has 8 heteroatoms. The fraction of sp³-hybridized carbons (Fsp3) is 0.700. The number of aliphatic hydroxyl groups is 1. The van der Waals surface area contributed by atoms with Crippen molar-refractivity contribution in [3.63, 3.8) is 0 Å². The molecule has 0 radical (unpaired) electrons. The highest BCUT2D eigenvalue weighted by atomic mass is 32.2. The summed E-state index contributed by atoms with van der Waals surface area (Å²) in [5, 5.41) is 27.2. The number of hydrogen-bond donors (Lipinski definition) is 3. The van der Waals surface area contributed by atoms with Crippen LogP contribution in [0.5, 0.6) is 0 Å². The molecule has 18 heavy (non-hydrogen) atoms. The maximum absolute atomic E-state index is 10.8. The first-order chi connectivity index (χ1) is 8.48. The Morgan fingerprint density at radius 3 is 2.67 bits per heavy atom. The lowest BCUT2D eigenvalue weighted by atomic mass is 9.80. The molecule has 1 saturated carbocycles. The number of nitrogen functional groups attached to an aromatic ring is 1. The van der Waals surface area contributed by atoms with Crippen LogP contribution in [0, 0.1) is 5.92 Å². The molecule has 0 unspecified atom stereocenters. The Kier molecular flexibility index (Phi) is 4.08. The molecule has 6 nitrogen and oxygen atoms in total. The topological polar surface area (TPSA) is 109 Å². The molecule has 2 rings (SSSR count). The van der Waals surface area contributed by atoms with Crippen molar-refractivity contribution in [3.05, 3.63) is 0 Å². The normalized spacial score (nSPS) is 28.2. The first-order valence-corrected chi connectivity index (χ1v) is 7.46. The van der Waals surface area contributed by atoms with Gasteiger partial charge in [-0.05, 0) is 25.7 Å². The van der Waals surface area contributed by atoms with Crippen LogP contribution in [0.1, 0.15) is 25.7 Å². The average molecular weight is 289 g/mol. The van der Waals surface area contributed by atoms with Crippen LogP contribution in [-0.4, -0.2) is 37.7 Å². The summed E-state index contributed by atoms with van der Waals surface area (Å²) in [5.41, 5.74) is 4.68. The molecule has 1 heterocycles. The van der Waals surface area contributed by atoms with Crippen molar-refractivity contribution in [1.29, 1.82) is 0 Å². The lowest BCUT2D eigenvalue weighted by Crippen LogP contribution is -2.38. The van der Waals surface area contributed by atoms with Gasteiger partial charge in [0.2, 0.25) is 5.13 Å². The van der Waals surface area contributed by atoms with Gasteiger partial charge in [0.05, 0.1) is 11.5 Å². The van der Waals surface area contributed by atoms with Gasteiger partial charge in [-0.25, -0.2) is 0 Å². The summed E-state index contributed by atoms with van der Waals surface area (Å²) in [6.07, 6.45) is 2.10. The number of rotatable bonds is 4. The zero-order valence-electron chi connectivity index (χ0n) is 9.70.